The standard InChI is InChI=1S/C9H8N2S2/c1-5-3-11-4-8-6(5)2-7(13-8)9(10)12/h2-4H,1H3,(H2,10,12). The maximum Gasteiger partial charge on any atom is 0.114 e. The van der Waals surface area contributed by atoms with Crippen LogP contribution in [0.25, 0.3) is 10.1 Å². The van der Waals surface area contributed by atoms with Crippen molar-refractivity contribution >= 4 is 38.6 Å². The first-order valence-electron chi connectivity index (χ1n) is 3.82. The second kappa shape index (κ2) is 3.05. The second-order valence-corrected chi connectivity index (χ2v) is 4.37. The van der Waals surface area contributed by atoms with Gasteiger partial charge in [0.1, 0.15) is 4.99 Å². The Morgan fingerprint density at radius 2 is 2.31 bits per heavy atom. The van der Waals surface area contributed by atoms with Crippen molar-refractivity contribution in [1.82, 2.24) is 4.98 Å². The van der Waals surface area contributed by atoms with Crippen molar-refractivity contribution < 1.29 is 0 Å². The highest BCUT2D eigenvalue weighted by Gasteiger charge is 2.05. The number of aromatic nitrogens is 1. The van der Waals surface area contributed by atoms with Crippen molar-refractivity contribution in [2.24, 2.45) is 5.73 Å². The molecule has 2 rings (SSSR count). The molecule has 2 aromatic heterocycles. The van der Waals surface area contributed by atoms with Crippen molar-refractivity contribution in [3.63, 3.8) is 0 Å². The first kappa shape index (κ1) is 8.59. The van der Waals surface area contributed by atoms with Gasteiger partial charge in [-0.2, -0.15) is 0 Å². The molecule has 0 aliphatic carbocycles. The van der Waals surface area contributed by atoms with Crippen LogP contribution >= 0.6 is 23.6 Å². The van der Waals surface area contributed by atoms with Gasteiger partial charge in [0.15, 0.2) is 0 Å². The summed E-state index contributed by atoms with van der Waals surface area (Å²) in [5.41, 5.74) is 6.71. The smallest absolute Gasteiger partial charge is 0.114 e. The lowest BCUT2D eigenvalue weighted by atomic mass is 10.2. The third-order valence-electron chi connectivity index (χ3n) is 1.89. The number of hydrogen-bond acceptors (Lipinski definition) is 3. The number of nitrogens with zero attached hydrogens (tertiary/aromatic N) is 1. The van der Waals surface area contributed by atoms with E-state index in [-0.39, 0.29) is 0 Å². The van der Waals surface area contributed by atoms with Gasteiger partial charge in [0.05, 0.1) is 9.58 Å². The fourth-order valence-corrected chi connectivity index (χ4v) is 2.36. The molecule has 0 aliphatic heterocycles. The maximum atomic E-state index is 5.55. The van der Waals surface area contributed by atoms with Gasteiger partial charge in [0, 0.05) is 12.4 Å². The van der Waals surface area contributed by atoms with Gasteiger partial charge in [-0.3, -0.25) is 4.98 Å². The van der Waals surface area contributed by atoms with Crippen molar-refractivity contribution in [1.29, 1.82) is 0 Å². The summed E-state index contributed by atoms with van der Waals surface area (Å²) in [6, 6.07) is 2.03. The van der Waals surface area contributed by atoms with Crippen LogP contribution < -0.4 is 5.73 Å². The summed E-state index contributed by atoms with van der Waals surface area (Å²) >= 11 is 6.50. The predicted octanol–water partition coefficient (Wildman–Crippen LogP) is 2.24. The van der Waals surface area contributed by atoms with Gasteiger partial charge in [0.25, 0.3) is 0 Å². The Balaban J connectivity index is 2.75. The zero-order valence-electron chi connectivity index (χ0n) is 7.07. The Morgan fingerprint density at radius 1 is 1.54 bits per heavy atom. The third kappa shape index (κ3) is 1.43. The molecular weight excluding hydrogens is 200 g/mol. The van der Waals surface area contributed by atoms with Crippen LogP contribution in [0.5, 0.6) is 0 Å². The number of aryl methyl sites for hydroxylation is 1. The summed E-state index contributed by atoms with van der Waals surface area (Å²) in [6.07, 6.45) is 3.69. The highest BCUT2D eigenvalue weighted by atomic mass is 32.1. The molecule has 2 nitrogen and oxygen atoms in total. The predicted molar refractivity (Wildman–Crippen MR) is 60.2 cm³/mol. The number of fused-ring (bicyclic) bond motifs is 1. The fraction of sp³-hybridized carbons (Fsp3) is 0.111. The molecule has 0 radical (unpaired) electrons. The summed E-state index contributed by atoms with van der Waals surface area (Å²) in [5, 5.41) is 1.20. The first-order valence-corrected chi connectivity index (χ1v) is 5.05. The summed E-state index contributed by atoms with van der Waals surface area (Å²) in [7, 11) is 0. The molecule has 0 spiro atoms. The molecule has 0 amide bonds. The Labute approximate surface area is 85.4 Å². The summed E-state index contributed by atoms with van der Waals surface area (Å²) in [4.78, 5) is 5.53. The van der Waals surface area contributed by atoms with Gasteiger partial charge in [-0.25, -0.2) is 0 Å². The van der Waals surface area contributed by atoms with E-state index in [1.807, 2.05) is 25.4 Å². The van der Waals surface area contributed by atoms with E-state index in [0.29, 0.717) is 4.99 Å². The number of thiocarbonyl (C=S) groups is 1. The number of thiophene rings is 1. The number of hydrogen-bond donors (Lipinski definition) is 1. The highest BCUT2D eigenvalue weighted by Crippen LogP contribution is 2.26. The lowest BCUT2D eigenvalue weighted by molar-refractivity contribution is 1.32. The lowest BCUT2D eigenvalue weighted by Gasteiger charge is -1.91. The monoisotopic (exact) mass is 208 g/mol. The minimum Gasteiger partial charge on any atom is -0.389 e. The largest absolute Gasteiger partial charge is 0.389 e. The van der Waals surface area contributed by atoms with Crippen molar-refractivity contribution in [3.8, 4) is 0 Å². The van der Waals surface area contributed by atoms with Crippen LogP contribution in [-0.2, 0) is 0 Å². The van der Waals surface area contributed by atoms with Crippen LogP contribution in [0.4, 0.5) is 0 Å². The van der Waals surface area contributed by atoms with Gasteiger partial charge < -0.3 is 5.73 Å². The topological polar surface area (TPSA) is 38.9 Å². The van der Waals surface area contributed by atoms with Crippen LogP contribution in [0.3, 0.4) is 0 Å². The summed E-state index contributed by atoms with van der Waals surface area (Å²) in [5.74, 6) is 0. The molecule has 2 N–H and O–H groups in total. The summed E-state index contributed by atoms with van der Waals surface area (Å²) < 4.78 is 1.14. The minimum absolute atomic E-state index is 0.459. The van der Waals surface area contributed by atoms with Gasteiger partial charge in [-0.1, -0.05) is 12.2 Å². The van der Waals surface area contributed by atoms with E-state index >= 15 is 0 Å². The minimum atomic E-state index is 0.459. The first-order chi connectivity index (χ1) is 6.18. The maximum absolute atomic E-state index is 5.55. The van der Waals surface area contributed by atoms with Crippen LogP contribution in [0.1, 0.15) is 10.4 Å². The van der Waals surface area contributed by atoms with Gasteiger partial charge >= 0.3 is 0 Å². The fourth-order valence-electron chi connectivity index (χ4n) is 1.22. The Kier molecular flexibility index (Phi) is 2.01. The van der Waals surface area contributed by atoms with Crippen molar-refractivity contribution in [3.05, 3.63) is 28.9 Å². The molecule has 13 heavy (non-hydrogen) atoms. The molecule has 0 atom stereocenters. The Bertz CT molecular complexity index is 473. The molecule has 2 heterocycles. The molecule has 0 fully saturated rings. The van der Waals surface area contributed by atoms with Gasteiger partial charge in [-0.15, -0.1) is 11.3 Å². The molecule has 4 heteroatoms. The van der Waals surface area contributed by atoms with Crippen LogP contribution in [-0.4, -0.2) is 9.97 Å². The Hall–Kier alpha value is -1.00. The van der Waals surface area contributed by atoms with Crippen molar-refractivity contribution in [2.45, 2.75) is 6.92 Å². The second-order valence-electron chi connectivity index (χ2n) is 2.84. The summed E-state index contributed by atoms with van der Waals surface area (Å²) in [6.45, 7) is 2.03. The molecule has 66 valence electrons. The van der Waals surface area contributed by atoms with Crippen molar-refractivity contribution in [2.75, 3.05) is 0 Å². The van der Waals surface area contributed by atoms with E-state index in [1.54, 1.807) is 11.3 Å². The number of rotatable bonds is 1. The number of nitrogens with two attached hydrogens (primary N) is 1. The molecule has 0 unspecified atom stereocenters. The van der Waals surface area contributed by atoms with E-state index < -0.39 is 0 Å². The zero-order valence-corrected chi connectivity index (χ0v) is 8.71. The van der Waals surface area contributed by atoms with E-state index in [9.17, 15) is 0 Å². The molecule has 0 saturated carbocycles. The zero-order chi connectivity index (χ0) is 9.42. The third-order valence-corrected chi connectivity index (χ3v) is 3.34. The Morgan fingerprint density at radius 3 is 2.92 bits per heavy atom. The van der Waals surface area contributed by atoms with E-state index in [0.717, 1.165) is 15.1 Å². The molecule has 0 bridgehead atoms. The van der Waals surface area contributed by atoms with Crippen LogP contribution in [0.2, 0.25) is 0 Å². The molecular formula is C9H8N2S2. The SMILES string of the molecule is Cc1cncc2sc(C(N)=S)cc12. The normalized spacial score (nSPS) is 10.5. The lowest BCUT2D eigenvalue weighted by Crippen LogP contribution is -2.06. The van der Waals surface area contributed by atoms with Crippen LogP contribution in [0, 0.1) is 6.92 Å². The number of pyridine rings is 1. The average Bonchev–Trinajstić information content (AvgIpc) is 2.49. The quantitative estimate of drug-likeness (QED) is 0.730. The molecule has 0 aliphatic rings. The average molecular weight is 208 g/mol. The van der Waals surface area contributed by atoms with Gasteiger partial charge in [0.2, 0.25) is 0 Å². The molecule has 0 aromatic carbocycles. The van der Waals surface area contributed by atoms with Crippen LogP contribution in [0.15, 0.2) is 18.5 Å². The highest BCUT2D eigenvalue weighted by molar-refractivity contribution is 7.81. The van der Waals surface area contributed by atoms with E-state index in [1.165, 1.54) is 5.39 Å². The molecule has 0 saturated heterocycles. The van der Waals surface area contributed by atoms with Gasteiger partial charge in [-0.05, 0) is 23.9 Å². The van der Waals surface area contributed by atoms with E-state index in [2.05, 4.69) is 4.98 Å². The molecule has 2 aromatic rings. The van der Waals surface area contributed by atoms with E-state index in [4.69, 9.17) is 18.0 Å².